The molecule has 0 saturated heterocycles. The average molecular weight is 349 g/mol. The maximum absolute atomic E-state index is 12.9. The van der Waals surface area contributed by atoms with E-state index in [1.807, 2.05) is 25.1 Å². The molecule has 0 spiro atoms. The number of anilines is 2. The Kier molecular flexibility index (Phi) is 3.69. The number of rotatable bonds is 2. The Bertz CT molecular complexity index is 1010. The summed E-state index contributed by atoms with van der Waals surface area (Å²) in [5, 5.41) is 6.18. The van der Waals surface area contributed by atoms with Crippen LogP contribution in [0.5, 0.6) is 11.5 Å². The number of amides is 2. The van der Waals surface area contributed by atoms with Gasteiger partial charge in [-0.3, -0.25) is 9.59 Å². The number of nitrogens with one attached hydrogen (secondary N) is 1. The van der Waals surface area contributed by atoms with E-state index < -0.39 is 5.91 Å². The van der Waals surface area contributed by atoms with Gasteiger partial charge >= 0.3 is 0 Å². The lowest BCUT2D eigenvalue weighted by molar-refractivity contribution is 0.0980. The summed E-state index contributed by atoms with van der Waals surface area (Å²) in [6.45, 7) is 1.95. The molecule has 26 heavy (non-hydrogen) atoms. The van der Waals surface area contributed by atoms with Crippen LogP contribution in [0.3, 0.4) is 0 Å². The molecule has 0 saturated carbocycles. The van der Waals surface area contributed by atoms with Gasteiger partial charge in [-0.15, -0.1) is 0 Å². The molecule has 4 rings (SSSR count). The minimum absolute atomic E-state index is 0.0857. The molecule has 1 N–H and O–H groups in total. The van der Waals surface area contributed by atoms with Gasteiger partial charge in [0.15, 0.2) is 5.75 Å². The third kappa shape index (κ3) is 2.69. The highest BCUT2D eigenvalue weighted by Crippen LogP contribution is 2.39. The molecule has 1 aromatic heterocycles. The van der Waals surface area contributed by atoms with Gasteiger partial charge in [0.05, 0.1) is 17.4 Å². The second kappa shape index (κ2) is 6.03. The first kappa shape index (κ1) is 15.9. The molecular weight excluding hydrogens is 334 g/mol. The fourth-order valence-electron chi connectivity index (χ4n) is 2.77. The molecule has 0 atom stereocenters. The van der Waals surface area contributed by atoms with Crippen LogP contribution in [-0.2, 0) is 0 Å². The van der Waals surface area contributed by atoms with E-state index in [4.69, 9.17) is 9.26 Å². The Morgan fingerprint density at radius 3 is 2.69 bits per heavy atom. The summed E-state index contributed by atoms with van der Waals surface area (Å²) in [6.07, 6.45) is 1.39. The zero-order valence-electron chi connectivity index (χ0n) is 14.1. The van der Waals surface area contributed by atoms with E-state index in [1.54, 1.807) is 25.2 Å². The third-order valence-electron chi connectivity index (χ3n) is 4.13. The maximum Gasteiger partial charge on any atom is 0.294 e. The molecule has 3 aromatic rings. The first-order valence-corrected chi connectivity index (χ1v) is 7.95. The predicted octanol–water partition coefficient (Wildman–Crippen LogP) is 3.62. The number of hydrogen-bond donors (Lipinski definition) is 1. The number of carbonyl (C=O) groups excluding carboxylic acids is 2. The van der Waals surface area contributed by atoms with Crippen molar-refractivity contribution in [1.82, 2.24) is 5.16 Å². The van der Waals surface area contributed by atoms with Crippen molar-refractivity contribution in [2.75, 3.05) is 17.3 Å². The van der Waals surface area contributed by atoms with Crippen LogP contribution < -0.4 is 15.0 Å². The zero-order chi connectivity index (χ0) is 18.3. The van der Waals surface area contributed by atoms with Crippen molar-refractivity contribution >= 4 is 23.2 Å². The zero-order valence-corrected chi connectivity index (χ0v) is 14.1. The van der Waals surface area contributed by atoms with Crippen molar-refractivity contribution in [1.29, 1.82) is 0 Å². The largest absolute Gasteiger partial charge is 0.454 e. The van der Waals surface area contributed by atoms with Crippen LogP contribution in [0.4, 0.5) is 11.4 Å². The summed E-state index contributed by atoms with van der Waals surface area (Å²) in [5.41, 5.74) is 2.53. The van der Waals surface area contributed by atoms with Gasteiger partial charge in [-0.2, -0.15) is 0 Å². The number of aryl methyl sites for hydroxylation is 1. The van der Waals surface area contributed by atoms with Gasteiger partial charge in [-0.25, -0.2) is 0 Å². The lowest BCUT2D eigenvalue weighted by atomic mass is 10.1. The molecule has 0 fully saturated rings. The summed E-state index contributed by atoms with van der Waals surface area (Å²) in [4.78, 5) is 26.5. The molecule has 1 aliphatic rings. The van der Waals surface area contributed by atoms with Crippen molar-refractivity contribution in [3.63, 3.8) is 0 Å². The predicted molar refractivity (Wildman–Crippen MR) is 94.9 cm³/mol. The minimum atomic E-state index is -0.447. The fourth-order valence-corrected chi connectivity index (χ4v) is 2.77. The van der Waals surface area contributed by atoms with Crippen molar-refractivity contribution in [3.8, 4) is 11.5 Å². The van der Waals surface area contributed by atoms with Gasteiger partial charge in [0, 0.05) is 18.8 Å². The first-order chi connectivity index (χ1) is 12.5. The summed E-state index contributed by atoms with van der Waals surface area (Å²) < 4.78 is 10.8. The first-order valence-electron chi connectivity index (χ1n) is 7.95. The van der Waals surface area contributed by atoms with E-state index in [2.05, 4.69) is 10.5 Å². The van der Waals surface area contributed by atoms with E-state index in [9.17, 15) is 9.59 Å². The standard InChI is InChI=1S/C19H15N3O4/c1-11-3-5-16-14(9-11)22(2)19(24)13-10-12(4-6-15(13)25-16)21-18(23)17-7-8-20-26-17/h3-10H,1-2H3,(H,21,23). The molecule has 7 heteroatoms. The third-order valence-corrected chi connectivity index (χ3v) is 4.13. The van der Waals surface area contributed by atoms with Gasteiger partial charge in [-0.1, -0.05) is 11.2 Å². The SMILES string of the molecule is Cc1ccc2c(c1)N(C)C(=O)c1cc(NC(=O)c3ccno3)ccc1O2. The van der Waals surface area contributed by atoms with Crippen molar-refractivity contribution in [2.24, 2.45) is 0 Å². The smallest absolute Gasteiger partial charge is 0.294 e. The van der Waals surface area contributed by atoms with Crippen molar-refractivity contribution < 1.29 is 18.8 Å². The summed E-state index contributed by atoms with van der Waals surface area (Å²) >= 11 is 0. The second-order valence-electron chi connectivity index (χ2n) is 5.98. The van der Waals surface area contributed by atoms with Gasteiger partial charge in [0.2, 0.25) is 5.76 Å². The molecule has 2 heterocycles. The number of hydrogen-bond acceptors (Lipinski definition) is 5. The minimum Gasteiger partial charge on any atom is -0.454 e. The molecule has 0 aliphatic carbocycles. The van der Waals surface area contributed by atoms with Gasteiger partial charge in [0.1, 0.15) is 5.75 Å². The number of aromatic nitrogens is 1. The molecular formula is C19H15N3O4. The number of ether oxygens (including phenoxy) is 1. The number of fused-ring (bicyclic) bond motifs is 2. The summed E-state index contributed by atoms with van der Waals surface area (Å²) in [7, 11) is 1.69. The van der Waals surface area contributed by atoms with Crippen molar-refractivity contribution in [2.45, 2.75) is 6.92 Å². The van der Waals surface area contributed by atoms with Crippen LogP contribution in [0.2, 0.25) is 0 Å². The highest BCUT2D eigenvalue weighted by Gasteiger charge is 2.26. The average Bonchev–Trinajstić information content (AvgIpc) is 3.15. The highest BCUT2D eigenvalue weighted by atomic mass is 16.5. The monoisotopic (exact) mass is 349 g/mol. The van der Waals surface area contributed by atoms with Crippen LogP contribution in [0, 0.1) is 6.92 Å². The van der Waals surface area contributed by atoms with Crippen molar-refractivity contribution in [3.05, 3.63) is 65.5 Å². The summed E-state index contributed by atoms with van der Waals surface area (Å²) in [6, 6.07) is 12.0. The van der Waals surface area contributed by atoms with E-state index in [-0.39, 0.29) is 11.7 Å². The van der Waals surface area contributed by atoms with E-state index >= 15 is 0 Å². The maximum atomic E-state index is 12.9. The van der Waals surface area contributed by atoms with Crippen LogP contribution in [0.15, 0.2) is 53.2 Å². The van der Waals surface area contributed by atoms with Crippen LogP contribution in [-0.4, -0.2) is 24.0 Å². The number of benzene rings is 2. The van der Waals surface area contributed by atoms with Gasteiger partial charge in [-0.05, 0) is 42.8 Å². The molecule has 2 amide bonds. The Hall–Kier alpha value is -3.61. The quantitative estimate of drug-likeness (QED) is 0.764. The Morgan fingerprint density at radius 2 is 1.92 bits per heavy atom. The molecule has 0 radical (unpaired) electrons. The molecule has 130 valence electrons. The highest BCUT2D eigenvalue weighted by molar-refractivity contribution is 6.10. The Morgan fingerprint density at radius 1 is 1.12 bits per heavy atom. The van der Waals surface area contributed by atoms with E-state index in [1.165, 1.54) is 17.2 Å². The number of carbonyl (C=O) groups is 2. The molecule has 1 aliphatic heterocycles. The van der Waals surface area contributed by atoms with Crippen LogP contribution >= 0.6 is 0 Å². The lowest BCUT2D eigenvalue weighted by Crippen LogP contribution is -2.25. The number of nitrogens with zero attached hydrogens (tertiary/aromatic N) is 2. The van der Waals surface area contributed by atoms with Gasteiger partial charge in [0.25, 0.3) is 11.8 Å². The van der Waals surface area contributed by atoms with Gasteiger partial charge < -0.3 is 19.5 Å². The Labute approximate surface area is 149 Å². The Balaban J connectivity index is 1.69. The van der Waals surface area contributed by atoms with E-state index in [0.717, 1.165) is 5.56 Å². The fraction of sp³-hybridized carbons (Fsp3) is 0.105. The molecule has 2 aromatic carbocycles. The summed E-state index contributed by atoms with van der Waals surface area (Å²) in [5.74, 6) is 0.449. The normalized spacial score (nSPS) is 12.7. The lowest BCUT2D eigenvalue weighted by Gasteiger charge is -2.16. The molecule has 0 bridgehead atoms. The molecule has 7 nitrogen and oxygen atoms in total. The van der Waals surface area contributed by atoms with Crippen LogP contribution in [0.25, 0.3) is 0 Å². The van der Waals surface area contributed by atoms with E-state index in [0.29, 0.717) is 28.4 Å². The van der Waals surface area contributed by atoms with Crippen LogP contribution in [0.1, 0.15) is 26.5 Å². The topological polar surface area (TPSA) is 84.7 Å². The second-order valence-corrected chi connectivity index (χ2v) is 5.98. The molecule has 0 unspecified atom stereocenters.